The Morgan fingerprint density at radius 3 is 2.36 bits per heavy atom. The van der Waals surface area contributed by atoms with E-state index >= 15 is 0 Å². The highest BCUT2D eigenvalue weighted by molar-refractivity contribution is 5.99. The molecular weight excluding hydrogens is 638 g/mol. The molecule has 1 fully saturated rings. The molecule has 0 radical (unpaired) electrons. The molecule has 1 aliphatic carbocycles. The van der Waals surface area contributed by atoms with Crippen LogP contribution in [0.25, 0.3) is 0 Å². The molecule has 2 bridgehead atoms. The summed E-state index contributed by atoms with van der Waals surface area (Å²) >= 11 is 0. The van der Waals surface area contributed by atoms with Crippen molar-refractivity contribution in [2.75, 3.05) is 6.61 Å². The quantitative estimate of drug-likeness (QED) is 0.225. The highest BCUT2D eigenvalue weighted by Gasteiger charge is 2.52. The summed E-state index contributed by atoms with van der Waals surface area (Å²) in [6.07, 6.45) is 5.31. The average molecular weight is 686 g/mol. The molecule has 2 aliphatic heterocycles. The number of fused-ring (bicyclic) bond motifs is 15. The van der Waals surface area contributed by atoms with E-state index in [1.54, 1.807) is 35.3 Å². The molecule has 3 aromatic rings. The van der Waals surface area contributed by atoms with Crippen LogP contribution in [-0.2, 0) is 43.4 Å². The number of hydrogen-bond donors (Lipinski definition) is 5. The number of rotatable bonds is 8. The highest BCUT2D eigenvalue weighted by atomic mass is 16.5. The van der Waals surface area contributed by atoms with Crippen LogP contribution in [0.4, 0.5) is 0 Å². The van der Waals surface area contributed by atoms with Crippen LogP contribution in [0.1, 0.15) is 57.6 Å². The maximum absolute atomic E-state index is 13.8. The highest BCUT2D eigenvalue weighted by Crippen LogP contribution is 2.36. The van der Waals surface area contributed by atoms with Gasteiger partial charge in [-0.15, -0.1) is 0 Å². The second-order valence-corrected chi connectivity index (χ2v) is 13.7. The van der Waals surface area contributed by atoms with Gasteiger partial charge in [0.25, 0.3) is 0 Å². The normalized spacial score (nSPS) is 22.9. The third kappa shape index (κ3) is 10.2. The van der Waals surface area contributed by atoms with Gasteiger partial charge in [0.2, 0.25) is 29.5 Å². The van der Waals surface area contributed by atoms with Crippen molar-refractivity contribution in [1.29, 1.82) is 0 Å². The summed E-state index contributed by atoms with van der Waals surface area (Å²) in [5.74, 6) is -1.42. The number of aromatic nitrogens is 2. The Morgan fingerprint density at radius 1 is 0.960 bits per heavy atom. The number of carbonyl (C=O) groups is 5. The second kappa shape index (κ2) is 16.5. The predicted molar refractivity (Wildman–Crippen MR) is 186 cm³/mol. The Bertz CT molecular complexity index is 1620. The molecule has 3 aliphatic rings. The lowest BCUT2D eigenvalue weighted by Gasteiger charge is -2.27. The fraction of sp³-hybridized carbons (Fsp3) is 0.459. The molecule has 5 amide bonds. The van der Waals surface area contributed by atoms with Crippen LogP contribution in [-0.4, -0.2) is 75.6 Å². The number of hydrogen-bond acceptors (Lipinski definition) is 7. The number of nitrogens with zero attached hydrogens (tertiary/aromatic N) is 2. The van der Waals surface area contributed by atoms with Crippen LogP contribution in [0.15, 0.2) is 73.1 Å². The Kier molecular flexibility index (Phi) is 11.9. The van der Waals surface area contributed by atoms with E-state index < -0.39 is 41.4 Å². The van der Waals surface area contributed by atoms with Gasteiger partial charge >= 0.3 is 0 Å². The van der Waals surface area contributed by atoms with Gasteiger partial charge in [0.05, 0.1) is 6.04 Å². The minimum Gasteiger partial charge on any atom is -0.491 e. The van der Waals surface area contributed by atoms with Crippen molar-refractivity contribution in [2.45, 2.75) is 95.5 Å². The van der Waals surface area contributed by atoms with Crippen LogP contribution in [0, 0.1) is 5.92 Å². The Balaban J connectivity index is 1.38. The smallest absolute Gasteiger partial charge is 0.246 e. The predicted octanol–water partition coefficient (Wildman–Crippen LogP) is 1.81. The minimum absolute atomic E-state index is 0.102. The number of nitrogens with one attached hydrogen (secondary N) is 5. The van der Waals surface area contributed by atoms with E-state index in [1.165, 1.54) is 6.92 Å². The van der Waals surface area contributed by atoms with Gasteiger partial charge in [-0.1, -0.05) is 56.3 Å². The van der Waals surface area contributed by atoms with Crippen molar-refractivity contribution in [3.05, 3.63) is 84.2 Å². The Morgan fingerprint density at radius 2 is 1.70 bits per heavy atom. The van der Waals surface area contributed by atoms with Crippen LogP contribution in [0.5, 0.6) is 5.75 Å². The molecule has 1 spiro atoms. The molecule has 2 aromatic carbocycles. The van der Waals surface area contributed by atoms with Crippen molar-refractivity contribution >= 4 is 29.5 Å². The first-order valence-electron chi connectivity index (χ1n) is 17.3. The molecule has 13 heteroatoms. The summed E-state index contributed by atoms with van der Waals surface area (Å²) < 4.78 is 7.75. The molecule has 1 aromatic heterocycles. The van der Waals surface area contributed by atoms with Crippen LogP contribution < -0.4 is 31.3 Å². The van der Waals surface area contributed by atoms with Crippen molar-refractivity contribution < 1.29 is 28.7 Å². The maximum atomic E-state index is 13.8. The van der Waals surface area contributed by atoms with E-state index in [1.807, 2.05) is 42.5 Å². The summed E-state index contributed by atoms with van der Waals surface area (Å²) in [4.78, 5) is 67.4. The lowest BCUT2D eigenvalue weighted by Crippen LogP contribution is -2.59. The SMILES string of the molecule is CC(C)C[C@H]1COc2ccc(cc2)C[C@H](NC(=O)CCn2cccn2)C(=O)N[C@H](C)C(=O)NC2(CC2)C(=O)N[C@H](Cc2ccccc2)C(=O)N1. The third-order valence-corrected chi connectivity index (χ3v) is 8.90. The fourth-order valence-electron chi connectivity index (χ4n) is 5.93. The zero-order valence-electron chi connectivity index (χ0n) is 28.8. The molecule has 3 heterocycles. The molecule has 6 rings (SSSR count). The first-order chi connectivity index (χ1) is 24.0. The van der Waals surface area contributed by atoms with Gasteiger partial charge < -0.3 is 31.3 Å². The van der Waals surface area contributed by atoms with Gasteiger partial charge in [-0.05, 0) is 61.4 Å². The summed E-state index contributed by atoms with van der Waals surface area (Å²) in [6, 6.07) is 15.1. The summed E-state index contributed by atoms with van der Waals surface area (Å²) in [6.45, 7) is 6.18. The van der Waals surface area contributed by atoms with Crippen LogP contribution in [0.3, 0.4) is 0 Å². The van der Waals surface area contributed by atoms with E-state index in [4.69, 9.17) is 4.74 Å². The molecule has 50 heavy (non-hydrogen) atoms. The molecule has 4 atom stereocenters. The van der Waals surface area contributed by atoms with Gasteiger partial charge in [0.1, 0.15) is 36.0 Å². The van der Waals surface area contributed by atoms with Crippen molar-refractivity contribution in [3.63, 3.8) is 0 Å². The van der Waals surface area contributed by atoms with E-state index in [2.05, 4.69) is 45.5 Å². The van der Waals surface area contributed by atoms with Crippen molar-refractivity contribution in [1.82, 2.24) is 36.4 Å². The molecule has 1 saturated carbocycles. The topological polar surface area (TPSA) is 173 Å². The lowest BCUT2D eigenvalue weighted by molar-refractivity contribution is -0.135. The number of amides is 5. The van der Waals surface area contributed by atoms with E-state index in [0.717, 1.165) is 11.1 Å². The maximum Gasteiger partial charge on any atom is 0.246 e. The molecule has 13 nitrogen and oxygen atoms in total. The van der Waals surface area contributed by atoms with Gasteiger partial charge in [-0.25, -0.2) is 0 Å². The lowest BCUT2D eigenvalue weighted by atomic mass is 10.0. The van der Waals surface area contributed by atoms with Gasteiger partial charge in [0.15, 0.2) is 0 Å². The first-order valence-corrected chi connectivity index (χ1v) is 17.3. The second-order valence-electron chi connectivity index (χ2n) is 13.7. The number of ether oxygens (including phenoxy) is 1. The monoisotopic (exact) mass is 685 g/mol. The van der Waals surface area contributed by atoms with Gasteiger partial charge in [-0.3, -0.25) is 28.7 Å². The molecule has 5 N–H and O–H groups in total. The van der Waals surface area contributed by atoms with E-state index in [-0.39, 0.29) is 49.6 Å². The number of aryl methyl sites for hydroxylation is 1. The zero-order chi connectivity index (χ0) is 35.7. The van der Waals surface area contributed by atoms with Gasteiger partial charge in [-0.2, -0.15) is 5.10 Å². The summed E-state index contributed by atoms with van der Waals surface area (Å²) in [7, 11) is 0. The van der Waals surface area contributed by atoms with Crippen molar-refractivity contribution in [2.24, 2.45) is 5.92 Å². The third-order valence-electron chi connectivity index (χ3n) is 8.90. The van der Waals surface area contributed by atoms with E-state index in [9.17, 15) is 24.0 Å². The fourth-order valence-corrected chi connectivity index (χ4v) is 5.93. The Hall–Kier alpha value is -5.20. The number of carbonyl (C=O) groups excluding carboxylic acids is 5. The minimum atomic E-state index is -1.20. The first kappa shape index (κ1) is 36.1. The van der Waals surface area contributed by atoms with E-state index in [0.29, 0.717) is 31.6 Å². The zero-order valence-corrected chi connectivity index (χ0v) is 28.8. The average Bonchev–Trinajstić information content (AvgIpc) is 3.68. The molecular formula is C37H47N7O6. The number of benzene rings is 2. The Labute approximate surface area is 292 Å². The van der Waals surface area contributed by atoms with Gasteiger partial charge in [0, 0.05) is 38.2 Å². The van der Waals surface area contributed by atoms with Crippen LogP contribution >= 0.6 is 0 Å². The summed E-state index contributed by atoms with van der Waals surface area (Å²) in [5.41, 5.74) is 0.432. The molecule has 0 unspecified atom stereocenters. The van der Waals surface area contributed by atoms with Crippen molar-refractivity contribution in [3.8, 4) is 5.75 Å². The molecule has 266 valence electrons. The standard InChI is InChI=1S/C37H47N7O6/c1-24(2)20-28-23-50-29-12-10-27(11-13-29)22-30(41-32(45)14-19-44-18-7-17-38-44)34(47)39-25(3)33(46)43-37(15-16-37)36(49)42-31(35(48)40-28)21-26-8-5-4-6-9-26/h4-13,17-18,24-25,28,30-31H,14-16,19-23H2,1-3H3,(H,39,47)(H,40,48)(H,41,45)(H,42,49)(H,43,46)/t25-,28+,30+,31-/m1/s1. The summed E-state index contributed by atoms with van der Waals surface area (Å²) in [5, 5.41) is 18.5. The molecule has 0 saturated heterocycles. The largest absolute Gasteiger partial charge is 0.491 e. The van der Waals surface area contributed by atoms with Crippen LogP contribution in [0.2, 0.25) is 0 Å².